The molecule has 2 aromatic rings. The minimum Gasteiger partial charge on any atom is -0.294 e. The summed E-state index contributed by atoms with van der Waals surface area (Å²) in [6.45, 7) is 2.05. The predicted octanol–water partition coefficient (Wildman–Crippen LogP) is 4.30. The third-order valence-corrected chi connectivity index (χ3v) is 3.99. The molecule has 0 N–H and O–H groups in total. The second kappa shape index (κ2) is 5.00. The number of fused-ring (bicyclic) bond motifs is 1. The van der Waals surface area contributed by atoms with Gasteiger partial charge in [0, 0.05) is 12.0 Å². The van der Waals surface area contributed by atoms with Gasteiger partial charge in [0.1, 0.15) is 0 Å². The fourth-order valence-corrected chi connectivity index (χ4v) is 2.97. The molecule has 1 heteroatoms. The van der Waals surface area contributed by atoms with E-state index in [1.165, 1.54) is 16.7 Å². The van der Waals surface area contributed by atoms with Gasteiger partial charge in [-0.05, 0) is 42.9 Å². The molecular weight excluding hydrogens is 232 g/mol. The van der Waals surface area contributed by atoms with E-state index in [4.69, 9.17) is 0 Å². The van der Waals surface area contributed by atoms with E-state index >= 15 is 0 Å². The normalized spacial score (nSPS) is 18.2. The monoisotopic (exact) mass is 250 g/mol. The Kier molecular flexibility index (Phi) is 3.20. The number of ketones is 1. The highest BCUT2D eigenvalue weighted by Crippen LogP contribution is 2.34. The topological polar surface area (TPSA) is 17.1 Å². The lowest BCUT2D eigenvalue weighted by Crippen LogP contribution is -2.17. The minimum atomic E-state index is 0.308. The Morgan fingerprint density at radius 2 is 1.89 bits per heavy atom. The van der Waals surface area contributed by atoms with Gasteiger partial charge in [0.25, 0.3) is 0 Å². The van der Waals surface area contributed by atoms with E-state index < -0.39 is 0 Å². The van der Waals surface area contributed by atoms with Gasteiger partial charge in [-0.15, -0.1) is 0 Å². The summed E-state index contributed by atoms with van der Waals surface area (Å²) in [4.78, 5) is 12.0. The summed E-state index contributed by atoms with van der Waals surface area (Å²) in [7, 11) is 0. The van der Waals surface area contributed by atoms with Crippen LogP contribution in [0.25, 0.3) is 0 Å². The fraction of sp³-hybridized carbons (Fsp3) is 0.278. The molecule has 2 aromatic carbocycles. The van der Waals surface area contributed by atoms with E-state index in [0.717, 1.165) is 18.4 Å². The molecule has 1 atom stereocenters. The van der Waals surface area contributed by atoms with Gasteiger partial charge in [-0.25, -0.2) is 0 Å². The van der Waals surface area contributed by atoms with Crippen molar-refractivity contribution < 1.29 is 4.79 Å². The number of aryl methyl sites for hydroxylation is 1. The summed E-state index contributed by atoms with van der Waals surface area (Å²) in [5.74, 6) is 0.790. The Hall–Kier alpha value is -1.89. The van der Waals surface area contributed by atoms with E-state index in [1.54, 1.807) is 0 Å². The second-order valence-electron chi connectivity index (χ2n) is 5.44. The molecule has 0 amide bonds. The zero-order valence-electron chi connectivity index (χ0n) is 11.2. The molecule has 1 aliphatic carbocycles. The van der Waals surface area contributed by atoms with Crippen LogP contribution >= 0.6 is 0 Å². The third kappa shape index (κ3) is 2.46. The van der Waals surface area contributed by atoms with Crippen molar-refractivity contribution in [3.05, 3.63) is 70.8 Å². The summed E-state index contributed by atoms with van der Waals surface area (Å²) in [5, 5.41) is 0. The molecule has 0 heterocycles. The zero-order valence-corrected chi connectivity index (χ0v) is 11.2. The van der Waals surface area contributed by atoms with Gasteiger partial charge in [0.15, 0.2) is 5.78 Å². The molecule has 0 saturated carbocycles. The van der Waals surface area contributed by atoms with Crippen molar-refractivity contribution in [1.29, 1.82) is 0 Å². The van der Waals surface area contributed by atoms with Gasteiger partial charge in [-0.2, -0.15) is 0 Å². The summed E-state index contributed by atoms with van der Waals surface area (Å²) < 4.78 is 0. The Morgan fingerprint density at radius 3 is 2.68 bits per heavy atom. The van der Waals surface area contributed by atoms with Crippen LogP contribution in [0.1, 0.15) is 45.8 Å². The SMILES string of the molecule is Cc1ccc2c(c1)C(=O)CC[C@@H]2Cc1ccccc1. The van der Waals surface area contributed by atoms with Crippen LogP contribution in [0, 0.1) is 6.92 Å². The maximum Gasteiger partial charge on any atom is 0.163 e. The lowest BCUT2D eigenvalue weighted by atomic mass is 9.78. The zero-order chi connectivity index (χ0) is 13.2. The van der Waals surface area contributed by atoms with Crippen LogP contribution < -0.4 is 0 Å². The van der Waals surface area contributed by atoms with E-state index in [9.17, 15) is 4.79 Å². The number of benzene rings is 2. The van der Waals surface area contributed by atoms with Crippen molar-refractivity contribution in [2.45, 2.75) is 32.1 Å². The van der Waals surface area contributed by atoms with Crippen molar-refractivity contribution in [3.8, 4) is 0 Å². The van der Waals surface area contributed by atoms with E-state index in [-0.39, 0.29) is 0 Å². The number of carbonyl (C=O) groups excluding carboxylic acids is 1. The number of Topliss-reactive ketones (excluding diaryl/α,β-unsaturated/α-hetero) is 1. The van der Waals surface area contributed by atoms with E-state index in [1.807, 2.05) is 13.0 Å². The molecule has 0 aromatic heterocycles. The van der Waals surface area contributed by atoms with Crippen molar-refractivity contribution in [2.75, 3.05) is 0 Å². The number of carbonyl (C=O) groups is 1. The molecule has 0 aliphatic heterocycles. The Labute approximate surface area is 114 Å². The largest absolute Gasteiger partial charge is 0.294 e. The van der Waals surface area contributed by atoms with Crippen molar-refractivity contribution >= 4 is 5.78 Å². The van der Waals surface area contributed by atoms with Crippen molar-refractivity contribution in [3.63, 3.8) is 0 Å². The molecular formula is C18H18O. The molecule has 96 valence electrons. The van der Waals surface area contributed by atoms with Crippen LogP contribution in [0.4, 0.5) is 0 Å². The van der Waals surface area contributed by atoms with Gasteiger partial charge in [-0.1, -0.05) is 48.0 Å². The highest BCUT2D eigenvalue weighted by Gasteiger charge is 2.25. The van der Waals surface area contributed by atoms with E-state index in [2.05, 4.69) is 42.5 Å². The Balaban J connectivity index is 1.93. The average Bonchev–Trinajstić information content (AvgIpc) is 2.43. The summed E-state index contributed by atoms with van der Waals surface area (Å²) in [6, 6.07) is 16.9. The second-order valence-corrected chi connectivity index (χ2v) is 5.44. The Morgan fingerprint density at radius 1 is 1.11 bits per heavy atom. The van der Waals surface area contributed by atoms with Crippen LogP contribution in [0.5, 0.6) is 0 Å². The average molecular weight is 250 g/mol. The molecule has 1 nitrogen and oxygen atoms in total. The summed E-state index contributed by atoms with van der Waals surface area (Å²) in [5.41, 5.74) is 4.72. The quantitative estimate of drug-likeness (QED) is 0.776. The molecule has 1 aliphatic rings. The lowest BCUT2D eigenvalue weighted by molar-refractivity contribution is 0.0966. The van der Waals surface area contributed by atoms with Gasteiger partial charge in [0.05, 0.1) is 0 Å². The van der Waals surface area contributed by atoms with Crippen LogP contribution in [-0.2, 0) is 6.42 Å². The van der Waals surface area contributed by atoms with Gasteiger partial charge < -0.3 is 0 Å². The van der Waals surface area contributed by atoms with Crippen molar-refractivity contribution in [1.82, 2.24) is 0 Å². The molecule has 0 spiro atoms. The molecule has 3 rings (SSSR count). The number of hydrogen-bond acceptors (Lipinski definition) is 1. The van der Waals surface area contributed by atoms with Crippen LogP contribution in [0.3, 0.4) is 0 Å². The lowest BCUT2D eigenvalue weighted by Gasteiger charge is -2.25. The smallest absolute Gasteiger partial charge is 0.163 e. The predicted molar refractivity (Wildman–Crippen MR) is 77.6 cm³/mol. The number of rotatable bonds is 2. The molecule has 0 unspecified atom stereocenters. The maximum absolute atomic E-state index is 12.0. The molecule has 0 fully saturated rings. The first-order chi connectivity index (χ1) is 9.24. The third-order valence-electron chi connectivity index (χ3n) is 3.99. The molecule has 19 heavy (non-hydrogen) atoms. The van der Waals surface area contributed by atoms with Crippen molar-refractivity contribution in [2.24, 2.45) is 0 Å². The summed E-state index contributed by atoms with van der Waals surface area (Å²) >= 11 is 0. The fourth-order valence-electron chi connectivity index (χ4n) is 2.97. The molecule has 0 radical (unpaired) electrons. The Bertz CT molecular complexity index is 598. The summed E-state index contributed by atoms with van der Waals surface area (Å²) in [6.07, 6.45) is 2.70. The first-order valence-electron chi connectivity index (χ1n) is 6.92. The number of hydrogen-bond donors (Lipinski definition) is 0. The van der Waals surface area contributed by atoms with Crippen LogP contribution in [0.15, 0.2) is 48.5 Å². The van der Waals surface area contributed by atoms with Gasteiger partial charge >= 0.3 is 0 Å². The highest BCUT2D eigenvalue weighted by atomic mass is 16.1. The molecule has 0 saturated heterocycles. The van der Waals surface area contributed by atoms with Gasteiger partial charge in [0.2, 0.25) is 0 Å². The van der Waals surface area contributed by atoms with Gasteiger partial charge in [-0.3, -0.25) is 4.79 Å². The first-order valence-corrected chi connectivity index (χ1v) is 6.92. The maximum atomic E-state index is 12.0. The van der Waals surface area contributed by atoms with Crippen LogP contribution in [0.2, 0.25) is 0 Å². The highest BCUT2D eigenvalue weighted by molar-refractivity contribution is 5.99. The van der Waals surface area contributed by atoms with Crippen LogP contribution in [-0.4, -0.2) is 5.78 Å². The van der Waals surface area contributed by atoms with E-state index in [0.29, 0.717) is 18.1 Å². The standard InChI is InChI=1S/C18H18O/c1-13-7-9-16-15(8-10-18(19)17(16)11-13)12-14-5-3-2-4-6-14/h2-7,9,11,15H,8,10,12H2,1H3/t15-/m1/s1. The minimum absolute atomic E-state index is 0.308. The first kappa shape index (κ1) is 12.2. The molecule has 0 bridgehead atoms.